The summed E-state index contributed by atoms with van der Waals surface area (Å²) in [7, 11) is 0. The zero-order valence-electron chi connectivity index (χ0n) is 17.4. The van der Waals surface area contributed by atoms with E-state index in [4.69, 9.17) is 5.73 Å². The van der Waals surface area contributed by atoms with Gasteiger partial charge in [0.25, 0.3) is 0 Å². The molecule has 4 heterocycles. The molecule has 0 aliphatic carbocycles. The number of nitriles is 1. The number of pyridine rings is 1. The van der Waals surface area contributed by atoms with Crippen molar-refractivity contribution in [1.82, 2.24) is 20.1 Å². The second-order valence-corrected chi connectivity index (χ2v) is 8.55. The van der Waals surface area contributed by atoms with Crippen molar-refractivity contribution in [1.29, 1.82) is 5.26 Å². The lowest BCUT2D eigenvalue weighted by Gasteiger charge is -2.47. The van der Waals surface area contributed by atoms with Crippen molar-refractivity contribution in [3.63, 3.8) is 0 Å². The fourth-order valence-corrected chi connectivity index (χ4v) is 5.03. The number of hydrogen-bond donors (Lipinski definition) is 2. The first-order chi connectivity index (χ1) is 15.0. The average molecular weight is 413 g/mol. The Bertz CT molecular complexity index is 1260. The number of carbonyl (C=O) groups is 1. The van der Waals surface area contributed by atoms with E-state index in [0.717, 1.165) is 65.9 Å². The number of fused-ring (bicyclic) bond motifs is 1. The molecular formula is C23H23N7O. The fourth-order valence-electron chi connectivity index (χ4n) is 5.03. The predicted molar refractivity (Wildman–Crippen MR) is 119 cm³/mol. The summed E-state index contributed by atoms with van der Waals surface area (Å²) in [5.74, 6) is 0.385. The summed E-state index contributed by atoms with van der Waals surface area (Å²) in [6.07, 6.45) is 5.84. The van der Waals surface area contributed by atoms with Crippen LogP contribution >= 0.6 is 0 Å². The van der Waals surface area contributed by atoms with Gasteiger partial charge in [0.05, 0.1) is 28.4 Å². The van der Waals surface area contributed by atoms with Gasteiger partial charge in [0.1, 0.15) is 6.07 Å². The molecule has 31 heavy (non-hydrogen) atoms. The first kappa shape index (κ1) is 19.1. The number of likely N-dealkylation sites (tertiary alicyclic amines) is 1. The van der Waals surface area contributed by atoms with E-state index in [-0.39, 0.29) is 11.3 Å². The number of H-pyrrole nitrogens is 1. The predicted octanol–water partition coefficient (Wildman–Crippen LogP) is 2.61. The first-order valence-corrected chi connectivity index (χ1v) is 10.2. The average Bonchev–Trinajstić information content (AvgIpc) is 3.36. The molecule has 1 aromatic carbocycles. The van der Waals surface area contributed by atoms with Crippen LogP contribution < -0.4 is 10.6 Å². The maximum absolute atomic E-state index is 11.9. The molecule has 2 fully saturated rings. The monoisotopic (exact) mass is 413 g/mol. The Balaban J connectivity index is 1.53. The maximum atomic E-state index is 11.9. The Labute approximate surface area is 180 Å². The molecule has 3 N–H and O–H groups in total. The molecule has 0 atom stereocenters. The van der Waals surface area contributed by atoms with Gasteiger partial charge in [0.15, 0.2) is 5.82 Å². The van der Waals surface area contributed by atoms with Gasteiger partial charge in [-0.2, -0.15) is 10.4 Å². The van der Waals surface area contributed by atoms with Crippen molar-refractivity contribution in [2.24, 2.45) is 5.41 Å². The number of nitrogen functional groups attached to an aromatic ring is 1. The molecule has 0 bridgehead atoms. The Kier molecular flexibility index (Phi) is 4.22. The highest BCUT2D eigenvalue weighted by molar-refractivity contribution is 6.04. The summed E-state index contributed by atoms with van der Waals surface area (Å²) in [4.78, 5) is 20.4. The van der Waals surface area contributed by atoms with Crippen LogP contribution in [0.4, 0.5) is 11.5 Å². The Hall–Kier alpha value is -3.86. The third-order valence-electron chi connectivity index (χ3n) is 6.59. The molecule has 2 saturated heterocycles. The number of nitrogens with one attached hydrogen (secondary N) is 1. The van der Waals surface area contributed by atoms with E-state index in [0.29, 0.717) is 11.4 Å². The van der Waals surface area contributed by atoms with Gasteiger partial charge in [-0.1, -0.05) is 12.6 Å². The molecule has 0 radical (unpaired) electrons. The van der Waals surface area contributed by atoms with E-state index in [1.54, 1.807) is 12.4 Å². The van der Waals surface area contributed by atoms with Gasteiger partial charge in [-0.05, 0) is 31.1 Å². The molecule has 5 rings (SSSR count). The molecule has 1 spiro atoms. The standard InChI is InChI=1S/C23H23N7O/c1-3-19(31)30-12-23(13-30)6-7-29(11-23)18-10-26-9-16(15(18)8-24)20-14(2)4-5-17-21(20)22(25)28-27-17/h3-5,9-10H,1,6-7,11-13H2,2H3,(H3,25,27,28). The van der Waals surface area contributed by atoms with Gasteiger partial charge in [0.2, 0.25) is 5.91 Å². The SMILES string of the molecule is C=CC(=O)N1CC2(CCN(c3cncc(-c4c(C)ccc5[nH]nc(N)c45)c3C#N)C2)C1. The third-order valence-corrected chi connectivity index (χ3v) is 6.59. The maximum Gasteiger partial charge on any atom is 0.245 e. The molecule has 0 unspecified atom stereocenters. The summed E-state index contributed by atoms with van der Waals surface area (Å²) >= 11 is 0. The fraction of sp³-hybridized carbons (Fsp3) is 0.304. The van der Waals surface area contributed by atoms with Crippen LogP contribution in [0.2, 0.25) is 0 Å². The van der Waals surface area contributed by atoms with Crippen molar-refractivity contribution >= 4 is 28.3 Å². The summed E-state index contributed by atoms with van der Waals surface area (Å²) in [6, 6.07) is 6.35. The van der Waals surface area contributed by atoms with Gasteiger partial charge in [-0.15, -0.1) is 0 Å². The zero-order valence-corrected chi connectivity index (χ0v) is 17.4. The summed E-state index contributed by atoms with van der Waals surface area (Å²) in [5, 5.41) is 18.0. The van der Waals surface area contributed by atoms with Crippen LogP contribution in [0.1, 0.15) is 17.5 Å². The van der Waals surface area contributed by atoms with Crippen LogP contribution in [0, 0.1) is 23.7 Å². The minimum absolute atomic E-state index is 0.0216. The van der Waals surface area contributed by atoms with E-state index in [1.807, 2.05) is 24.0 Å². The topological polar surface area (TPSA) is 115 Å². The highest BCUT2D eigenvalue weighted by Gasteiger charge is 2.49. The highest BCUT2D eigenvalue weighted by atomic mass is 16.2. The van der Waals surface area contributed by atoms with Crippen LogP contribution in [-0.2, 0) is 4.79 Å². The second-order valence-electron chi connectivity index (χ2n) is 8.55. The lowest BCUT2D eigenvalue weighted by Crippen LogP contribution is -2.59. The Morgan fingerprint density at radius 3 is 2.90 bits per heavy atom. The van der Waals surface area contributed by atoms with Gasteiger partial charge in [0, 0.05) is 48.9 Å². The van der Waals surface area contributed by atoms with E-state index in [1.165, 1.54) is 6.08 Å². The lowest BCUT2D eigenvalue weighted by molar-refractivity contribution is -0.136. The number of aryl methyl sites for hydroxylation is 1. The van der Waals surface area contributed by atoms with E-state index >= 15 is 0 Å². The smallest absolute Gasteiger partial charge is 0.245 e. The largest absolute Gasteiger partial charge is 0.382 e. The summed E-state index contributed by atoms with van der Waals surface area (Å²) < 4.78 is 0. The van der Waals surface area contributed by atoms with E-state index in [2.05, 4.69) is 32.7 Å². The molecule has 8 heteroatoms. The number of nitrogens with zero attached hydrogens (tertiary/aromatic N) is 5. The number of rotatable bonds is 3. The number of carbonyl (C=O) groups excluding carboxylic acids is 1. The molecule has 156 valence electrons. The van der Waals surface area contributed by atoms with Crippen LogP contribution in [-0.4, -0.2) is 52.2 Å². The minimum atomic E-state index is -0.0216. The number of aromatic amines is 1. The van der Waals surface area contributed by atoms with Crippen LogP contribution in [0.5, 0.6) is 0 Å². The van der Waals surface area contributed by atoms with Crippen molar-refractivity contribution < 1.29 is 4.79 Å². The number of benzene rings is 1. The normalized spacial score (nSPS) is 17.0. The van der Waals surface area contributed by atoms with E-state index < -0.39 is 0 Å². The molecular weight excluding hydrogens is 390 g/mol. The second kappa shape index (κ2) is 6.84. The summed E-state index contributed by atoms with van der Waals surface area (Å²) in [6.45, 7) is 8.65. The van der Waals surface area contributed by atoms with Crippen molar-refractivity contribution in [2.45, 2.75) is 13.3 Å². The zero-order chi connectivity index (χ0) is 21.8. The van der Waals surface area contributed by atoms with Gasteiger partial charge >= 0.3 is 0 Å². The Morgan fingerprint density at radius 2 is 2.16 bits per heavy atom. The number of anilines is 2. The number of hydrogen-bond acceptors (Lipinski definition) is 6. The van der Waals surface area contributed by atoms with Gasteiger partial charge in [-0.25, -0.2) is 0 Å². The number of amides is 1. The van der Waals surface area contributed by atoms with Crippen molar-refractivity contribution in [3.05, 3.63) is 48.3 Å². The molecule has 2 aromatic heterocycles. The number of aromatic nitrogens is 3. The van der Waals surface area contributed by atoms with Crippen molar-refractivity contribution in [2.75, 3.05) is 36.8 Å². The summed E-state index contributed by atoms with van der Waals surface area (Å²) in [5.41, 5.74) is 11.1. The van der Waals surface area contributed by atoms with Crippen LogP contribution in [0.15, 0.2) is 37.2 Å². The number of nitrogens with two attached hydrogens (primary N) is 1. The Morgan fingerprint density at radius 1 is 1.35 bits per heavy atom. The van der Waals surface area contributed by atoms with Crippen LogP contribution in [0.3, 0.4) is 0 Å². The van der Waals surface area contributed by atoms with E-state index in [9.17, 15) is 10.1 Å². The molecule has 3 aromatic rings. The van der Waals surface area contributed by atoms with Crippen LogP contribution in [0.25, 0.3) is 22.0 Å². The van der Waals surface area contributed by atoms with Gasteiger partial charge < -0.3 is 15.5 Å². The van der Waals surface area contributed by atoms with Crippen molar-refractivity contribution in [3.8, 4) is 17.2 Å². The highest BCUT2D eigenvalue weighted by Crippen LogP contribution is 2.44. The third kappa shape index (κ3) is 2.85. The molecule has 8 nitrogen and oxygen atoms in total. The molecule has 2 aliphatic rings. The molecule has 0 saturated carbocycles. The minimum Gasteiger partial charge on any atom is -0.382 e. The lowest BCUT2D eigenvalue weighted by atomic mass is 9.79. The quantitative estimate of drug-likeness (QED) is 0.638. The molecule has 2 aliphatic heterocycles. The first-order valence-electron chi connectivity index (χ1n) is 10.2. The molecule has 1 amide bonds. The van der Waals surface area contributed by atoms with Gasteiger partial charge in [-0.3, -0.25) is 14.9 Å².